The number of hydrogen-bond acceptors (Lipinski definition) is 1. The summed E-state index contributed by atoms with van der Waals surface area (Å²) in [6.07, 6.45) is 6.21. The lowest BCUT2D eigenvalue weighted by molar-refractivity contribution is 0.170. The smallest absolute Gasteiger partial charge is 0.0454 e. The molecule has 1 aromatic carbocycles. The van der Waals surface area contributed by atoms with Gasteiger partial charge in [0, 0.05) is 16.1 Å². The minimum absolute atomic E-state index is 0.0194. The molecule has 1 fully saturated rings. The molecule has 17 heavy (non-hydrogen) atoms. The fraction of sp³-hybridized carbons (Fsp3) is 0.571. The fourth-order valence-electron chi connectivity index (χ4n) is 2.80. The van der Waals surface area contributed by atoms with E-state index in [2.05, 4.69) is 6.92 Å². The van der Waals surface area contributed by atoms with E-state index in [1.165, 1.54) is 32.1 Å². The maximum atomic E-state index is 6.43. The summed E-state index contributed by atoms with van der Waals surface area (Å²) >= 11 is 12.3. The molecule has 1 aliphatic rings. The summed E-state index contributed by atoms with van der Waals surface area (Å²) in [6, 6.07) is 5.54. The summed E-state index contributed by atoms with van der Waals surface area (Å²) in [4.78, 5) is 0. The average molecular weight is 272 g/mol. The van der Waals surface area contributed by atoms with Gasteiger partial charge in [0.05, 0.1) is 0 Å². The molecule has 1 unspecified atom stereocenters. The largest absolute Gasteiger partial charge is 0.323 e. The molecule has 1 aliphatic carbocycles. The molecule has 0 radical (unpaired) electrons. The standard InChI is InChI=1S/C14H19Cl2N/c1-14(7-3-2-4-8-14)13(17)11-9-10(15)5-6-12(11)16/h5-6,9,13H,2-4,7-8,17H2,1H3. The third kappa shape index (κ3) is 2.78. The number of hydrogen-bond donors (Lipinski definition) is 1. The summed E-state index contributed by atoms with van der Waals surface area (Å²) in [6.45, 7) is 2.27. The maximum Gasteiger partial charge on any atom is 0.0454 e. The van der Waals surface area contributed by atoms with Gasteiger partial charge in [0.1, 0.15) is 0 Å². The topological polar surface area (TPSA) is 26.0 Å². The van der Waals surface area contributed by atoms with E-state index >= 15 is 0 Å². The molecule has 1 aromatic rings. The highest BCUT2D eigenvalue weighted by Gasteiger charge is 2.34. The average Bonchev–Trinajstić information content (AvgIpc) is 2.32. The first kappa shape index (κ1) is 13.2. The zero-order valence-corrected chi connectivity index (χ0v) is 11.7. The van der Waals surface area contributed by atoms with E-state index in [-0.39, 0.29) is 11.5 Å². The molecule has 94 valence electrons. The van der Waals surface area contributed by atoms with Crippen LogP contribution in [0.2, 0.25) is 10.0 Å². The van der Waals surface area contributed by atoms with Crippen LogP contribution in [0.25, 0.3) is 0 Å². The van der Waals surface area contributed by atoms with Crippen molar-refractivity contribution < 1.29 is 0 Å². The van der Waals surface area contributed by atoms with Crippen LogP contribution < -0.4 is 5.73 Å². The van der Waals surface area contributed by atoms with Gasteiger partial charge in [-0.1, -0.05) is 49.4 Å². The summed E-state index contributed by atoms with van der Waals surface area (Å²) in [5.74, 6) is 0. The van der Waals surface area contributed by atoms with E-state index in [4.69, 9.17) is 28.9 Å². The molecular weight excluding hydrogens is 253 g/mol. The highest BCUT2D eigenvalue weighted by atomic mass is 35.5. The van der Waals surface area contributed by atoms with E-state index < -0.39 is 0 Å². The molecule has 0 spiro atoms. The lowest BCUT2D eigenvalue weighted by atomic mass is 9.69. The minimum atomic E-state index is -0.0194. The quantitative estimate of drug-likeness (QED) is 0.808. The van der Waals surface area contributed by atoms with Crippen molar-refractivity contribution >= 4 is 23.2 Å². The van der Waals surface area contributed by atoms with Gasteiger partial charge >= 0.3 is 0 Å². The van der Waals surface area contributed by atoms with Crippen molar-refractivity contribution in [2.45, 2.75) is 45.1 Å². The number of nitrogens with two attached hydrogens (primary N) is 1. The Bertz CT molecular complexity index is 397. The Hall–Kier alpha value is -0.240. The normalized spacial score (nSPS) is 21.2. The second-order valence-electron chi connectivity index (χ2n) is 5.36. The van der Waals surface area contributed by atoms with Crippen LogP contribution in [0.1, 0.15) is 50.6 Å². The lowest BCUT2D eigenvalue weighted by Crippen LogP contribution is -2.34. The van der Waals surface area contributed by atoms with Crippen LogP contribution in [-0.4, -0.2) is 0 Å². The Morgan fingerprint density at radius 1 is 1.18 bits per heavy atom. The molecule has 1 atom stereocenters. The van der Waals surface area contributed by atoms with E-state index in [0.29, 0.717) is 5.02 Å². The fourth-order valence-corrected chi connectivity index (χ4v) is 3.21. The van der Waals surface area contributed by atoms with Gasteiger partial charge in [-0.25, -0.2) is 0 Å². The summed E-state index contributed by atoms with van der Waals surface area (Å²) in [5.41, 5.74) is 7.58. The van der Waals surface area contributed by atoms with Gasteiger partial charge in [0.25, 0.3) is 0 Å². The highest BCUT2D eigenvalue weighted by molar-refractivity contribution is 6.33. The minimum Gasteiger partial charge on any atom is -0.323 e. The van der Waals surface area contributed by atoms with Gasteiger partial charge < -0.3 is 5.73 Å². The van der Waals surface area contributed by atoms with Gasteiger partial charge in [-0.2, -0.15) is 0 Å². The molecule has 0 aliphatic heterocycles. The van der Waals surface area contributed by atoms with Crippen molar-refractivity contribution in [1.82, 2.24) is 0 Å². The number of rotatable bonds is 2. The Labute approximate surface area is 113 Å². The molecule has 0 aromatic heterocycles. The second kappa shape index (κ2) is 5.17. The van der Waals surface area contributed by atoms with Crippen LogP contribution in [0.4, 0.5) is 0 Å². The Morgan fingerprint density at radius 3 is 2.47 bits per heavy atom. The number of benzene rings is 1. The SMILES string of the molecule is CC1(C(N)c2cc(Cl)ccc2Cl)CCCCC1. The van der Waals surface area contributed by atoms with Crippen molar-refractivity contribution in [3.05, 3.63) is 33.8 Å². The van der Waals surface area contributed by atoms with E-state index in [9.17, 15) is 0 Å². The Balaban J connectivity index is 2.29. The van der Waals surface area contributed by atoms with Crippen molar-refractivity contribution in [1.29, 1.82) is 0 Å². The molecule has 0 saturated heterocycles. The van der Waals surface area contributed by atoms with Crippen LogP contribution in [0.3, 0.4) is 0 Å². The molecule has 0 bridgehead atoms. The van der Waals surface area contributed by atoms with Crippen LogP contribution in [-0.2, 0) is 0 Å². The van der Waals surface area contributed by atoms with Gasteiger partial charge in [-0.15, -0.1) is 0 Å². The van der Waals surface area contributed by atoms with Crippen LogP contribution in [0.5, 0.6) is 0 Å². The molecule has 1 nitrogen and oxygen atoms in total. The van der Waals surface area contributed by atoms with Crippen molar-refractivity contribution in [2.24, 2.45) is 11.1 Å². The zero-order chi connectivity index (χ0) is 12.5. The molecule has 3 heteroatoms. The third-order valence-electron chi connectivity index (χ3n) is 4.04. The summed E-state index contributed by atoms with van der Waals surface area (Å²) in [5, 5.41) is 1.44. The van der Waals surface area contributed by atoms with Gasteiger partial charge in [0.15, 0.2) is 0 Å². The van der Waals surface area contributed by atoms with Crippen LogP contribution >= 0.6 is 23.2 Å². The van der Waals surface area contributed by atoms with E-state index in [1.54, 1.807) is 0 Å². The van der Waals surface area contributed by atoms with Gasteiger partial charge in [0.2, 0.25) is 0 Å². The predicted octanol–water partition coefficient (Wildman–Crippen LogP) is 4.96. The third-order valence-corrected chi connectivity index (χ3v) is 4.62. The van der Waals surface area contributed by atoms with Gasteiger partial charge in [-0.3, -0.25) is 0 Å². The van der Waals surface area contributed by atoms with Crippen molar-refractivity contribution in [3.8, 4) is 0 Å². The van der Waals surface area contributed by atoms with Crippen LogP contribution in [0, 0.1) is 5.41 Å². The first-order valence-electron chi connectivity index (χ1n) is 6.23. The molecule has 2 rings (SSSR count). The molecule has 2 N–H and O–H groups in total. The summed E-state index contributed by atoms with van der Waals surface area (Å²) in [7, 11) is 0. The lowest BCUT2D eigenvalue weighted by Gasteiger charge is -2.39. The Kier molecular flexibility index (Phi) is 4.02. The predicted molar refractivity (Wildman–Crippen MR) is 74.6 cm³/mol. The van der Waals surface area contributed by atoms with Crippen molar-refractivity contribution in [3.63, 3.8) is 0 Å². The molecular formula is C14H19Cl2N. The van der Waals surface area contributed by atoms with E-state index in [0.717, 1.165) is 10.6 Å². The van der Waals surface area contributed by atoms with Crippen molar-refractivity contribution in [2.75, 3.05) is 0 Å². The van der Waals surface area contributed by atoms with E-state index in [1.807, 2.05) is 18.2 Å². The Morgan fingerprint density at radius 2 is 1.82 bits per heavy atom. The monoisotopic (exact) mass is 271 g/mol. The molecule has 1 saturated carbocycles. The second-order valence-corrected chi connectivity index (χ2v) is 6.20. The van der Waals surface area contributed by atoms with Crippen LogP contribution in [0.15, 0.2) is 18.2 Å². The summed E-state index contributed by atoms with van der Waals surface area (Å²) < 4.78 is 0. The molecule has 0 heterocycles. The van der Waals surface area contributed by atoms with Gasteiger partial charge in [-0.05, 0) is 42.0 Å². The highest BCUT2D eigenvalue weighted by Crippen LogP contribution is 2.46. The first-order chi connectivity index (χ1) is 8.03. The zero-order valence-electron chi connectivity index (χ0n) is 10.2. The first-order valence-corrected chi connectivity index (χ1v) is 6.99. The number of halogens is 2. The molecule has 0 amide bonds. The maximum absolute atomic E-state index is 6.43.